The van der Waals surface area contributed by atoms with Crippen molar-refractivity contribution in [3.05, 3.63) is 64.2 Å². The van der Waals surface area contributed by atoms with Crippen molar-refractivity contribution in [1.29, 1.82) is 0 Å². The molecule has 1 saturated heterocycles. The predicted molar refractivity (Wildman–Crippen MR) is 125 cm³/mol. The molecule has 2 fully saturated rings. The number of rotatable bonds is 5. The Kier molecular flexibility index (Phi) is 5.73. The average molecular weight is 470 g/mol. The van der Waals surface area contributed by atoms with Gasteiger partial charge in [-0.3, -0.25) is 4.18 Å². The van der Waals surface area contributed by atoms with Gasteiger partial charge < -0.3 is 10.1 Å². The van der Waals surface area contributed by atoms with Gasteiger partial charge in [0.15, 0.2) is 0 Å². The van der Waals surface area contributed by atoms with Crippen LogP contribution in [0.1, 0.15) is 72.3 Å². The quantitative estimate of drug-likeness (QED) is 0.640. The molecule has 33 heavy (non-hydrogen) atoms. The number of carbonyl (C=O) groups excluding carboxylic acids is 1. The lowest BCUT2D eigenvalue weighted by atomic mass is 9.78. The van der Waals surface area contributed by atoms with Crippen LogP contribution in [0.15, 0.2) is 41.3 Å². The van der Waals surface area contributed by atoms with Gasteiger partial charge in [-0.2, -0.15) is 8.42 Å². The van der Waals surface area contributed by atoms with Crippen molar-refractivity contribution in [3.8, 4) is 0 Å². The number of amides is 1. The van der Waals surface area contributed by atoms with Crippen LogP contribution in [0, 0.1) is 6.92 Å². The monoisotopic (exact) mass is 469 g/mol. The molecule has 1 heterocycles. The summed E-state index contributed by atoms with van der Waals surface area (Å²) in [6.45, 7) is 4.29. The van der Waals surface area contributed by atoms with E-state index in [-0.39, 0.29) is 24.2 Å². The standard InChI is InChI=1S/C26H31NO5S/c1-3-32-33(29,30)24-9-4-17(2)12-23(24)21-8-7-18-13-20(6-5-19(18)14-21)22-10-11-26(15-22)16-31-25(28)27-26/h4-6,9,12-13,21-22H,3,7-8,10-11,14-16H2,1-2H3,(H,27,28)/t21-,22-,26+/m0/s1. The van der Waals surface area contributed by atoms with Gasteiger partial charge in [0.25, 0.3) is 10.1 Å². The van der Waals surface area contributed by atoms with Crippen molar-refractivity contribution in [1.82, 2.24) is 5.32 Å². The zero-order valence-electron chi connectivity index (χ0n) is 19.2. The lowest BCUT2D eigenvalue weighted by Crippen LogP contribution is -2.40. The number of benzene rings is 2. The number of cyclic esters (lactones) is 1. The summed E-state index contributed by atoms with van der Waals surface area (Å²) in [4.78, 5) is 11.9. The normalized spacial score (nSPS) is 26.8. The summed E-state index contributed by atoms with van der Waals surface area (Å²) in [5, 5.41) is 3.03. The van der Waals surface area contributed by atoms with E-state index in [2.05, 4.69) is 23.5 Å². The fraction of sp³-hybridized carbons (Fsp3) is 0.500. The molecule has 0 bridgehead atoms. The largest absolute Gasteiger partial charge is 0.447 e. The Morgan fingerprint density at radius 1 is 1.12 bits per heavy atom. The average Bonchev–Trinajstić information content (AvgIpc) is 3.38. The van der Waals surface area contributed by atoms with Crippen LogP contribution in [0.2, 0.25) is 0 Å². The van der Waals surface area contributed by atoms with E-state index in [1.165, 1.54) is 16.7 Å². The third-order valence-corrected chi connectivity index (χ3v) is 8.99. The third-order valence-electron chi connectivity index (χ3n) is 7.53. The maximum atomic E-state index is 12.7. The zero-order valence-corrected chi connectivity index (χ0v) is 20.0. The van der Waals surface area contributed by atoms with Crippen molar-refractivity contribution >= 4 is 16.2 Å². The Bertz CT molecular complexity index is 1190. The van der Waals surface area contributed by atoms with Crippen LogP contribution in [-0.4, -0.2) is 33.3 Å². The molecule has 2 aromatic rings. The minimum Gasteiger partial charge on any atom is -0.447 e. The van der Waals surface area contributed by atoms with Crippen molar-refractivity contribution in [2.24, 2.45) is 0 Å². The number of hydrogen-bond donors (Lipinski definition) is 1. The minimum atomic E-state index is -3.76. The molecule has 3 aliphatic rings. The summed E-state index contributed by atoms with van der Waals surface area (Å²) in [6, 6.07) is 12.3. The first-order valence-corrected chi connectivity index (χ1v) is 13.3. The molecular weight excluding hydrogens is 438 g/mol. The number of aryl methyl sites for hydroxylation is 2. The summed E-state index contributed by atoms with van der Waals surface area (Å²) in [5.41, 5.74) is 5.71. The molecule has 1 amide bonds. The van der Waals surface area contributed by atoms with Gasteiger partial charge in [-0.1, -0.05) is 35.9 Å². The molecule has 1 spiro atoms. The third kappa shape index (κ3) is 4.28. The molecule has 2 aromatic carbocycles. The summed E-state index contributed by atoms with van der Waals surface area (Å²) in [7, 11) is -3.76. The minimum absolute atomic E-state index is 0.129. The number of ether oxygens (including phenoxy) is 1. The van der Waals surface area contributed by atoms with Crippen LogP contribution >= 0.6 is 0 Å². The van der Waals surface area contributed by atoms with Gasteiger partial charge in [-0.05, 0) is 92.5 Å². The highest BCUT2D eigenvalue weighted by molar-refractivity contribution is 7.86. The summed E-state index contributed by atoms with van der Waals surface area (Å²) in [5.74, 6) is 0.573. The van der Waals surface area contributed by atoms with Crippen molar-refractivity contribution in [2.45, 2.75) is 74.6 Å². The Labute approximate surface area is 195 Å². The molecule has 2 aliphatic carbocycles. The molecule has 0 aromatic heterocycles. The number of alkyl carbamates (subject to hydrolysis) is 1. The highest BCUT2D eigenvalue weighted by Crippen LogP contribution is 2.44. The Hall–Kier alpha value is -2.38. The zero-order chi connectivity index (χ0) is 23.2. The van der Waals surface area contributed by atoms with E-state index in [4.69, 9.17) is 8.92 Å². The second-order valence-electron chi connectivity index (χ2n) is 9.79. The highest BCUT2D eigenvalue weighted by Gasteiger charge is 2.46. The molecule has 0 unspecified atom stereocenters. The second-order valence-corrected chi connectivity index (χ2v) is 11.4. The molecule has 1 saturated carbocycles. The molecular formula is C26H31NO5S. The van der Waals surface area contributed by atoms with Gasteiger partial charge in [0.2, 0.25) is 0 Å². The molecule has 7 heteroatoms. The predicted octanol–water partition coefficient (Wildman–Crippen LogP) is 4.74. The number of fused-ring (bicyclic) bond motifs is 1. The smallest absolute Gasteiger partial charge is 0.407 e. The van der Waals surface area contributed by atoms with Crippen molar-refractivity contribution < 1.29 is 22.1 Å². The maximum Gasteiger partial charge on any atom is 0.407 e. The SMILES string of the molecule is CCOS(=O)(=O)c1ccc(C)cc1[C@H]1CCc2cc([C@H]3CC[C@]4(COC(=O)N4)C3)ccc2C1. The van der Waals surface area contributed by atoms with E-state index in [1.807, 2.05) is 19.1 Å². The van der Waals surface area contributed by atoms with Gasteiger partial charge in [0.1, 0.15) is 6.61 Å². The molecule has 176 valence electrons. The molecule has 1 aliphatic heterocycles. The Balaban J connectivity index is 1.37. The lowest BCUT2D eigenvalue weighted by molar-refractivity contribution is 0.172. The summed E-state index contributed by atoms with van der Waals surface area (Å²) >= 11 is 0. The van der Waals surface area contributed by atoms with E-state index in [0.717, 1.165) is 49.7 Å². The molecule has 0 radical (unpaired) electrons. The highest BCUT2D eigenvalue weighted by atomic mass is 32.2. The van der Waals surface area contributed by atoms with E-state index in [9.17, 15) is 13.2 Å². The molecule has 3 atom stereocenters. The van der Waals surface area contributed by atoms with Gasteiger partial charge in [0.05, 0.1) is 17.0 Å². The van der Waals surface area contributed by atoms with Crippen LogP contribution in [0.3, 0.4) is 0 Å². The molecule has 5 rings (SSSR count). The Morgan fingerprint density at radius 2 is 1.97 bits per heavy atom. The van der Waals surface area contributed by atoms with Gasteiger partial charge in [-0.25, -0.2) is 4.79 Å². The number of nitrogens with one attached hydrogen (secondary N) is 1. The van der Waals surface area contributed by atoms with E-state index in [0.29, 0.717) is 17.4 Å². The van der Waals surface area contributed by atoms with Crippen molar-refractivity contribution in [2.75, 3.05) is 13.2 Å². The van der Waals surface area contributed by atoms with E-state index in [1.54, 1.807) is 13.0 Å². The van der Waals surface area contributed by atoms with Gasteiger partial charge in [0, 0.05) is 0 Å². The van der Waals surface area contributed by atoms with Crippen LogP contribution in [-0.2, 0) is 31.9 Å². The lowest BCUT2D eigenvalue weighted by Gasteiger charge is -2.28. The van der Waals surface area contributed by atoms with E-state index >= 15 is 0 Å². The van der Waals surface area contributed by atoms with E-state index < -0.39 is 10.1 Å². The van der Waals surface area contributed by atoms with Crippen LogP contribution in [0.4, 0.5) is 4.79 Å². The number of carbonyl (C=O) groups is 1. The van der Waals surface area contributed by atoms with Gasteiger partial charge in [-0.15, -0.1) is 0 Å². The summed E-state index contributed by atoms with van der Waals surface area (Å²) < 4.78 is 35.7. The maximum absolute atomic E-state index is 12.7. The van der Waals surface area contributed by atoms with Crippen LogP contribution < -0.4 is 5.32 Å². The summed E-state index contributed by atoms with van der Waals surface area (Å²) in [6.07, 6.45) is 5.28. The first-order valence-electron chi connectivity index (χ1n) is 11.9. The number of hydrogen-bond acceptors (Lipinski definition) is 5. The first-order chi connectivity index (χ1) is 15.8. The van der Waals surface area contributed by atoms with Crippen LogP contribution in [0.5, 0.6) is 0 Å². The molecule has 1 N–H and O–H groups in total. The topological polar surface area (TPSA) is 81.7 Å². The Morgan fingerprint density at radius 3 is 2.73 bits per heavy atom. The second kappa shape index (κ2) is 8.44. The fourth-order valence-electron chi connectivity index (χ4n) is 5.88. The molecule has 6 nitrogen and oxygen atoms in total. The van der Waals surface area contributed by atoms with Crippen molar-refractivity contribution in [3.63, 3.8) is 0 Å². The van der Waals surface area contributed by atoms with Gasteiger partial charge >= 0.3 is 6.09 Å². The van der Waals surface area contributed by atoms with Crippen LogP contribution in [0.25, 0.3) is 0 Å². The fourth-order valence-corrected chi connectivity index (χ4v) is 7.06. The first kappa shape index (κ1) is 22.4.